The highest BCUT2D eigenvalue weighted by atomic mass is 16.5. The number of methoxy groups -OCH3 is 1. The number of ether oxygens (including phenoxy) is 2. The van der Waals surface area contributed by atoms with E-state index in [1.165, 1.54) is 6.08 Å². The lowest BCUT2D eigenvalue weighted by Crippen LogP contribution is -2.48. The molecule has 0 bridgehead atoms. The van der Waals surface area contributed by atoms with Gasteiger partial charge in [0.05, 0.1) is 13.2 Å². The number of nitriles is 1. The van der Waals surface area contributed by atoms with E-state index < -0.39 is 24.0 Å². The molecule has 0 aromatic heterocycles. The molecular weight excluding hydrogens is 308 g/mol. The van der Waals surface area contributed by atoms with Crippen molar-refractivity contribution in [1.82, 2.24) is 5.32 Å². The topological polar surface area (TPSA) is 88.4 Å². The summed E-state index contributed by atoms with van der Waals surface area (Å²) in [4.78, 5) is 23.6. The van der Waals surface area contributed by atoms with Crippen LogP contribution < -0.4 is 10.1 Å². The van der Waals surface area contributed by atoms with Crippen LogP contribution in [-0.2, 0) is 14.3 Å². The van der Waals surface area contributed by atoms with Crippen LogP contribution in [0.2, 0.25) is 0 Å². The summed E-state index contributed by atoms with van der Waals surface area (Å²) in [6.45, 7) is 1.27. The summed E-state index contributed by atoms with van der Waals surface area (Å²) in [6.07, 6.45) is 4.63. The van der Waals surface area contributed by atoms with Crippen LogP contribution in [0, 0.1) is 17.2 Å². The summed E-state index contributed by atoms with van der Waals surface area (Å²) in [5.41, 5.74) is -0.163. The van der Waals surface area contributed by atoms with Gasteiger partial charge in [-0.3, -0.25) is 4.79 Å². The normalized spacial score (nSPS) is 16.0. The fraction of sp³-hybridized carbons (Fsp3) is 0.389. The van der Waals surface area contributed by atoms with E-state index in [9.17, 15) is 14.9 Å². The largest absolute Gasteiger partial charge is 0.496 e. The lowest BCUT2D eigenvalue weighted by Gasteiger charge is -2.22. The molecule has 1 saturated carbocycles. The fourth-order valence-electron chi connectivity index (χ4n) is 2.35. The first-order valence-corrected chi connectivity index (χ1v) is 7.68. The molecule has 1 fully saturated rings. The van der Waals surface area contributed by atoms with Gasteiger partial charge in [0.2, 0.25) is 0 Å². The van der Waals surface area contributed by atoms with Gasteiger partial charge in [0, 0.05) is 11.6 Å². The van der Waals surface area contributed by atoms with E-state index in [4.69, 9.17) is 9.47 Å². The summed E-state index contributed by atoms with van der Waals surface area (Å²) in [5.74, 6) is -0.313. The van der Waals surface area contributed by atoms with Crippen molar-refractivity contribution in [2.45, 2.75) is 25.3 Å². The first kappa shape index (κ1) is 17.5. The minimum Gasteiger partial charge on any atom is -0.496 e. The molecule has 24 heavy (non-hydrogen) atoms. The Morgan fingerprint density at radius 3 is 2.75 bits per heavy atom. The third-order valence-corrected chi connectivity index (χ3v) is 3.91. The summed E-state index contributed by atoms with van der Waals surface area (Å²) < 4.78 is 10.1. The number of carbonyl (C=O) groups excluding carboxylic acids is 2. The van der Waals surface area contributed by atoms with Crippen LogP contribution in [0.5, 0.6) is 5.75 Å². The van der Waals surface area contributed by atoms with Crippen molar-refractivity contribution in [2.24, 2.45) is 5.92 Å². The summed E-state index contributed by atoms with van der Waals surface area (Å²) in [6, 6.07) is 9.34. The third kappa shape index (κ3) is 4.59. The van der Waals surface area contributed by atoms with Gasteiger partial charge in [-0.15, -0.1) is 0 Å². The molecule has 6 heteroatoms. The quantitative estimate of drug-likeness (QED) is 0.611. The van der Waals surface area contributed by atoms with Crippen molar-refractivity contribution in [1.29, 1.82) is 5.26 Å². The Hall–Kier alpha value is -2.81. The van der Waals surface area contributed by atoms with Crippen LogP contribution >= 0.6 is 0 Å². The van der Waals surface area contributed by atoms with Crippen molar-refractivity contribution in [3.8, 4) is 11.8 Å². The van der Waals surface area contributed by atoms with Gasteiger partial charge in [-0.2, -0.15) is 5.26 Å². The molecule has 6 nitrogen and oxygen atoms in total. The van der Waals surface area contributed by atoms with Crippen molar-refractivity contribution in [3.05, 3.63) is 35.9 Å². The minimum atomic E-state index is -0.892. The molecule has 1 atom stereocenters. The monoisotopic (exact) mass is 328 g/mol. The Labute approximate surface area is 141 Å². The highest BCUT2D eigenvalue weighted by Crippen LogP contribution is 2.39. The molecular formula is C18H20N2O4. The number of nitrogens with zero attached hydrogens (tertiary/aromatic N) is 1. The zero-order valence-electron chi connectivity index (χ0n) is 13.7. The number of hydrogen-bond acceptors (Lipinski definition) is 5. The smallest absolute Gasteiger partial charge is 0.331 e. The van der Waals surface area contributed by atoms with E-state index in [0.29, 0.717) is 5.75 Å². The lowest BCUT2D eigenvalue weighted by molar-refractivity contribution is -0.144. The van der Waals surface area contributed by atoms with Gasteiger partial charge in [0.15, 0.2) is 6.61 Å². The molecule has 1 amide bonds. The second kappa shape index (κ2) is 7.64. The van der Waals surface area contributed by atoms with Gasteiger partial charge in [-0.05, 0) is 37.8 Å². The molecule has 1 aromatic carbocycles. The van der Waals surface area contributed by atoms with Crippen LogP contribution in [0.1, 0.15) is 25.3 Å². The van der Waals surface area contributed by atoms with Crippen LogP contribution in [0.15, 0.2) is 30.3 Å². The maximum Gasteiger partial charge on any atom is 0.331 e. The van der Waals surface area contributed by atoms with E-state index in [0.717, 1.165) is 18.4 Å². The van der Waals surface area contributed by atoms with Gasteiger partial charge in [0.25, 0.3) is 5.91 Å². The fourth-order valence-corrected chi connectivity index (χ4v) is 2.35. The highest BCUT2D eigenvalue weighted by Gasteiger charge is 2.43. The SMILES string of the molecule is COc1ccccc1/C=C/C(=O)OCC(=O)N[C@](C)(C#N)C1CC1. The standard InChI is InChI=1S/C18H20N2O4/c1-18(12-19,14-8-9-14)20-16(21)11-24-17(22)10-7-13-5-3-4-6-15(13)23-2/h3-7,10,14H,8-9,11H2,1-2H3,(H,20,21)/b10-7+/t18-/m1/s1. The molecule has 1 aromatic rings. The molecule has 0 radical (unpaired) electrons. The maximum atomic E-state index is 11.8. The van der Waals surface area contributed by atoms with Gasteiger partial charge in [-0.1, -0.05) is 18.2 Å². The Morgan fingerprint density at radius 2 is 2.12 bits per heavy atom. The van der Waals surface area contributed by atoms with Crippen molar-refractivity contribution in [3.63, 3.8) is 0 Å². The summed E-state index contributed by atoms with van der Waals surface area (Å²) in [5, 5.41) is 11.8. The molecule has 2 rings (SSSR count). The molecule has 1 aliphatic carbocycles. The first-order valence-electron chi connectivity index (χ1n) is 7.68. The Balaban J connectivity index is 1.83. The van der Waals surface area contributed by atoms with Crippen LogP contribution in [0.3, 0.4) is 0 Å². The summed E-state index contributed by atoms with van der Waals surface area (Å²) in [7, 11) is 1.54. The predicted octanol–water partition coefficient (Wildman–Crippen LogP) is 2.06. The molecule has 1 aliphatic rings. The second-order valence-electron chi connectivity index (χ2n) is 5.82. The highest BCUT2D eigenvalue weighted by molar-refractivity contribution is 5.89. The molecule has 0 unspecified atom stereocenters. The lowest BCUT2D eigenvalue weighted by atomic mass is 9.98. The zero-order chi connectivity index (χ0) is 17.6. The molecule has 0 aliphatic heterocycles. The second-order valence-corrected chi connectivity index (χ2v) is 5.82. The van der Waals surface area contributed by atoms with Crippen LogP contribution in [-0.4, -0.2) is 31.1 Å². The van der Waals surface area contributed by atoms with E-state index >= 15 is 0 Å². The number of amides is 1. The third-order valence-electron chi connectivity index (χ3n) is 3.91. The molecule has 1 N–H and O–H groups in total. The number of nitrogens with one attached hydrogen (secondary N) is 1. The molecule has 0 heterocycles. The summed E-state index contributed by atoms with van der Waals surface area (Å²) >= 11 is 0. The van der Waals surface area contributed by atoms with E-state index in [2.05, 4.69) is 11.4 Å². The van der Waals surface area contributed by atoms with Crippen LogP contribution in [0.4, 0.5) is 0 Å². The van der Waals surface area contributed by atoms with E-state index in [-0.39, 0.29) is 5.92 Å². The van der Waals surface area contributed by atoms with Crippen molar-refractivity contribution in [2.75, 3.05) is 13.7 Å². The van der Waals surface area contributed by atoms with Crippen LogP contribution in [0.25, 0.3) is 6.08 Å². The molecule has 126 valence electrons. The minimum absolute atomic E-state index is 0.174. The first-order chi connectivity index (χ1) is 11.5. The number of hydrogen-bond donors (Lipinski definition) is 1. The van der Waals surface area contributed by atoms with Gasteiger partial charge >= 0.3 is 5.97 Å². The average Bonchev–Trinajstić information content (AvgIpc) is 3.43. The number of rotatable bonds is 7. The van der Waals surface area contributed by atoms with E-state index in [1.54, 1.807) is 32.2 Å². The molecule has 0 spiro atoms. The number of esters is 1. The van der Waals surface area contributed by atoms with Gasteiger partial charge in [-0.25, -0.2) is 4.79 Å². The van der Waals surface area contributed by atoms with Gasteiger partial charge in [0.1, 0.15) is 11.3 Å². The Morgan fingerprint density at radius 1 is 1.42 bits per heavy atom. The Kier molecular flexibility index (Phi) is 5.59. The van der Waals surface area contributed by atoms with Gasteiger partial charge < -0.3 is 14.8 Å². The number of carbonyl (C=O) groups is 2. The predicted molar refractivity (Wildman–Crippen MR) is 87.9 cm³/mol. The average molecular weight is 328 g/mol. The molecule has 0 saturated heterocycles. The number of benzene rings is 1. The zero-order valence-corrected chi connectivity index (χ0v) is 13.7. The van der Waals surface area contributed by atoms with E-state index in [1.807, 2.05) is 12.1 Å². The maximum absolute atomic E-state index is 11.8. The Bertz CT molecular complexity index is 689. The number of para-hydroxylation sites is 1. The van der Waals surface area contributed by atoms with Crippen molar-refractivity contribution >= 4 is 18.0 Å². The van der Waals surface area contributed by atoms with Crippen molar-refractivity contribution < 1.29 is 19.1 Å².